The van der Waals surface area contributed by atoms with Crippen LogP contribution in [0.15, 0.2) is 0 Å². The van der Waals surface area contributed by atoms with Crippen LogP contribution in [-0.4, -0.2) is 44.3 Å². The Morgan fingerprint density at radius 3 is 2.67 bits per heavy atom. The lowest BCUT2D eigenvalue weighted by atomic mass is 10.0. The van der Waals surface area contributed by atoms with Gasteiger partial charge in [0.15, 0.2) is 0 Å². The number of likely N-dealkylation sites (N-methyl/N-ethyl adjacent to an activating group) is 1. The van der Waals surface area contributed by atoms with E-state index in [1.807, 2.05) is 0 Å². The van der Waals surface area contributed by atoms with Crippen molar-refractivity contribution in [1.29, 1.82) is 5.26 Å². The van der Waals surface area contributed by atoms with Crippen molar-refractivity contribution in [3.8, 4) is 6.07 Å². The Hall–Kier alpha value is -0.640. The lowest BCUT2D eigenvalue weighted by molar-refractivity contribution is 0.162. The van der Waals surface area contributed by atoms with Gasteiger partial charge >= 0.3 is 0 Å². The third-order valence-corrected chi connectivity index (χ3v) is 4.80. The minimum absolute atomic E-state index is 0.0763. The zero-order chi connectivity index (χ0) is 11.5. The second kappa shape index (κ2) is 4.47. The lowest BCUT2D eigenvalue weighted by Crippen LogP contribution is -2.49. The van der Waals surface area contributed by atoms with E-state index in [-0.39, 0.29) is 12.4 Å². The van der Waals surface area contributed by atoms with Crippen LogP contribution in [0.1, 0.15) is 19.8 Å². The van der Waals surface area contributed by atoms with Crippen molar-refractivity contribution in [2.75, 3.05) is 26.0 Å². The first-order valence-corrected chi connectivity index (χ1v) is 6.55. The van der Waals surface area contributed by atoms with Crippen LogP contribution < -0.4 is 0 Å². The molecule has 0 aliphatic carbocycles. The van der Waals surface area contributed by atoms with Gasteiger partial charge < -0.3 is 4.74 Å². The van der Waals surface area contributed by atoms with Crippen LogP contribution in [0, 0.1) is 11.3 Å². The fourth-order valence-electron chi connectivity index (χ4n) is 1.62. The Morgan fingerprint density at radius 1 is 1.60 bits per heavy atom. The summed E-state index contributed by atoms with van der Waals surface area (Å²) in [5, 5.41) is 9.08. The van der Waals surface area contributed by atoms with E-state index in [0.29, 0.717) is 19.4 Å². The van der Waals surface area contributed by atoms with Gasteiger partial charge in [-0.25, -0.2) is 8.42 Å². The van der Waals surface area contributed by atoms with Crippen LogP contribution in [0.3, 0.4) is 0 Å². The van der Waals surface area contributed by atoms with Crippen molar-refractivity contribution in [1.82, 2.24) is 4.31 Å². The maximum Gasteiger partial charge on any atom is 0.215 e. The van der Waals surface area contributed by atoms with Gasteiger partial charge in [0.2, 0.25) is 10.0 Å². The Balaban J connectivity index is 2.92. The molecule has 1 saturated heterocycles. The molecule has 0 aromatic rings. The van der Waals surface area contributed by atoms with Gasteiger partial charge in [-0.3, -0.25) is 0 Å². The van der Waals surface area contributed by atoms with Crippen LogP contribution in [0.5, 0.6) is 0 Å². The van der Waals surface area contributed by atoms with Gasteiger partial charge in [-0.2, -0.15) is 9.57 Å². The largest absolute Gasteiger partial charge is 0.378 e. The maximum absolute atomic E-state index is 11.8. The van der Waals surface area contributed by atoms with E-state index in [2.05, 4.69) is 6.07 Å². The summed E-state index contributed by atoms with van der Waals surface area (Å²) >= 11 is 0. The molecule has 1 heterocycles. The van der Waals surface area contributed by atoms with Crippen molar-refractivity contribution in [2.24, 2.45) is 0 Å². The predicted octanol–water partition coefficient (Wildman–Crippen LogP) is 0.341. The molecule has 0 spiro atoms. The van der Waals surface area contributed by atoms with Crippen molar-refractivity contribution in [3.05, 3.63) is 0 Å². The summed E-state index contributed by atoms with van der Waals surface area (Å²) in [5.74, 6) is 0.0763. The second-order valence-electron chi connectivity index (χ2n) is 3.73. The molecular formula is C9H16N2O3S. The average Bonchev–Trinajstić information content (AvgIpc) is 2.66. The number of nitriles is 1. The number of hydrogen-bond donors (Lipinski definition) is 0. The molecule has 0 aromatic heterocycles. The highest BCUT2D eigenvalue weighted by Gasteiger charge is 2.44. The zero-order valence-electron chi connectivity index (χ0n) is 9.06. The molecule has 0 N–H and O–H groups in total. The van der Waals surface area contributed by atoms with E-state index in [4.69, 9.17) is 10.00 Å². The molecule has 0 saturated carbocycles. The molecule has 1 aliphatic heterocycles. The fourth-order valence-corrected chi connectivity index (χ4v) is 3.13. The molecule has 0 aromatic carbocycles. The number of nitrogens with zero attached hydrogens (tertiary/aromatic N) is 2. The fraction of sp³-hybridized carbons (Fsp3) is 0.889. The van der Waals surface area contributed by atoms with Crippen LogP contribution in [0.2, 0.25) is 0 Å². The molecule has 5 nitrogen and oxygen atoms in total. The highest BCUT2D eigenvalue weighted by atomic mass is 32.2. The van der Waals surface area contributed by atoms with Crippen molar-refractivity contribution >= 4 is 10.0 Å². The van der Waals surface area contributed by atoms with Gasteiger partial charge in [0.25, 0.3) is 0 Å². The highest BCUT2D eigenvalue weighted by Crippen LogP contribution is 2.27. The van der Waals surface area contributed by atoms with Gasteiger partial charge in [-0.05, 0) is 6.42 Å². The Morgan fingerprint density at radius 2 is 2.27 bits per heavy atom. The normalized spacial score (nSPS) is 26.8. The summed E-state index contributed by atoms with van der Waals surface area (Å²) in [7, 11) is -1.87. The summed E-state index contributed by atoms with van der Waals surface area (Å²) in [4.78, 5) is 0. The molecule has 1 fully saturated rings. The second-order valence-corrected chi connectivity index (χ2v) is 5.85. The summed E-state index contributed by atoms with van der Waals surface area (Å²) in [6, 6.07) is 2.06. The lowest BCUT2D eigenvalue weighted by Gasteiger charge is -2.29. The molecule has 1 aliphatic rings. The molecule has 6 heteroatoms. The molecule has 1 atom stereocenters. The molecule has 1 rings (SSSR count). The van der Waals surface area contributed by atoms with Crippen LogP contribution in [-0.2, 0) is 14.8 Å². The average molecular weight is 232 g/mol. The molecular weight excluding hydrogens is 216 g/mol. The first-order chi connectivity index (χ1) is 6.98. The Bertz CT molecular complexity index is 352. The SMILES string of the molecule is CCCS(=O)(=O)N(C)C1(C#N)CCOC1. The van der Waals surface area contributed by atoms with E-state index in [1.165, 1.54) is 11.4 Å². The summed E-state index contributed by atoms with van der Waals surface area (Å²) < 4.78 is 29.9. The Labute approximate surface area is 90.7 Å². The van der Waals surface area contributed by atoms with Gasteiger partial charge in [-0.15, -0.1) is 0 Å². The van der Waals surface area contributed by atoms with Crippen molar-refractivity contribution in [3.63, 3.8) is 0 Å². The predicted molar refractivity (Wildman–Crippen MR) is 55.6 cm³/mol. The number of ether oxygens (including phenoxy) is 1. The van der Waals surface area contributed by atoms with E-state index in [1.54, 1.807) is 6.92 Å². The van der Waals surface area contributed by atoms with E-state index >= 15 is 0 Å². The first kappa shape index (κ1) is 12.4. The monoisotopic (exact) mass is 232 g/mol. The third kappa shape index (κ3) is 2.30. The van der Waals surface area contributed by atoms with Gasteiger partial charge in [-0.1, -0.05) is 6.92 Å². The first-order valence-electron chi connectivity index (χ1n) is 4.94. The quantitative estimate of drug-likeness (QED) is 0.701. The summed E-state index contributed by atoms with van der Waals surface area (Å²) in [5.41, 5.74) is -0.992. The summed E-state index contributed by atoms with van der Waals surface area (Å²) in [6.45, 7) is 2.41. The Kier molecular flexibility index (Phi) is 3.71. The topological polar surface area (TPSA) is 70.4 Å². The van der Waals surface area contributed by atoms with E-state index in [0.717, 1.165) is 0 Å². The van der Waals surface area contributed by atoms with Crippen LogP contribution in [0.25, 0.3) is 0 Å². The van der Waals surface area contributed by atoms with Crippen molar-refractivity contribution < 1.29 is 13.2 Å². The number of rotatable bonds is 4. The summed E-state index contributed by atoms with van der Waals surface area (Å²) in [6.07, 6.45) is 0.998. The van der Waals surface area contributed by atoms with E-state index < -0.39 is 15.6 Å². The van der Waals surface area contributed by atoms with Gasteiger partial charge in [0.05, 0.1) is 18.4 Å². The van der Waals surface area contributed by atoms with E-state index in [9.17, 15) is 8.42 Å². The number of sulfonamides is 1. The molecule has 1 unspecified atom stereocenters. The van der Waals surface area contributed by atoms with Crippen LogP contribution >= 0.6 is 0 Å². The van der Waals surface area contributed by atoms with Crippen molar-refractivity contribution in [2.45, 2.75) is 25.3 Å². The molecule has 0 radical (unpaired) electrons. The minimum atomic E-state index is -3.33. The highest BCUT2D eigenvalue weighted by molar-refractivity contribution is 7.89. The van der Waals surface area contributed by atoms with Gasteiger partial charge in [0, 0.05) is 20.1 Å². The molecule has 0 bridgehead atoms. The molecule has 0 amide bonds. The molecule has 86 valence electrons. The smallest absolute Gasteiger partial charge is 0.215 e. The standard InChI is InChI=1S/C9H16N2O3S/c1-3-6-15(12,13)11(2)9(7-10)4-5-14-8-9/h3-6,8H2,1-2H3. The zero-order valence-corrected chi connectivity index (χ0v) is 9.88. The van der Waals surface area contributed by atoms with Crippen LogP contribution in [0.4, 0.5) is 0 Å². The maximum atomic E-state index is 11.8. The number of hydrogen-bond acceptors (Lipinski definition) is 4. The van der Waals surface area contributed by atoms with Gasteiger partial charge in [0.1, 0.15) is 5.54 Å². The minimum Gasteiger partial charge on any atom is -0.378 e. The molecule has 15 heavy (non-hydrogen) atoms. The third-order valence-electron chi connectivity index (χ3n) is 2.69.